The fourth-order valence-electron chi connectivity index (χ4n) is 5.56. The van der Waals surface area contributed by atoms with Gasteiger partial charge in [0.05, 0.1) is 29.5 Å². The van der Waals surface area contributed by atoms with E-state index in [2.05, 4.69) is 38.8 Å². The molecule has 0 spiro atoms. The molecule has 1 saturated carbocycles. The highest BCUT2D eigenvalue weighted by molar-refractivity contribution is 6.17. The summed E-state index contributed by atoms with van der Waals surface area (Å²) in [5, 5.41) is 4.86. The molecule has 0 bridgehead atoms. The number of imidazole rings is 1. The zero-order valence-electron chi connectivity index (χ0n) is 20.4. The van der Waals surface area contributed by atoms with Gasteiger partial charge in [-0.1, -0.05) is 31.4 Å². The first-order valence-corrected chi connectivity index (χ1v) is 12.3. The minimum atomic E-state index is 0.0220. The van der Waals surface area contributed by atoms with E-state index in [-0.39, 0.29) is 12.3 Å². The maximum atomic E-state index is 13.1. The molecule has 1 aromatic carbocycles. The SMILES string of the molecule is Cc1nc2cnccc2n1-c1ccc(C2=Nc3c(C4CCCCC4)nn(C)c3N(C)C(=O)C2)cc1. The van der Waals surface area contributed by atoms with Gasteiger partial charge in [0.25, 0.3) is 0 Å². The standard InChI is InChI=1S/C27H29N7O/c1-17-29-22-16-28-14-13-23(22)34(17)20-11-9-18(10-12-20)21-15-24(35)32(2)27-26(30-21)25(31-33(27)3)19-7-5-4-6-8-19/h9-14,16,19H,4-8,15H2,1-3H3. The maximum Gasteiger partial charge on any atom is 0.233 e. The second-order valence-corrected chi connectivity index (χ2v) is 9.61. The summed E-state index contributed by atoms with van der Waals surface area (Å²) < 4.78 is 3.95. The number of amides is 1. The highest BCUT2D eigenvalue weighted by Gasteiger charge is 2.31. The zero-order chi connectivity index (χ0) is 24.1. The van der Waals surface area contributed by atoms with Crippen LogP contribution in [0.5, 0.6) is 0 Å². The lowest BCUT2D eigenvalue weighted by molar-refractivity contribution is -0.117. The van der Waals surface area contributed by atoms with Crippen LogP contribution in [0.4, 0.5) is 11.5 Å². The number of aliphatic imine (C=N–C) groups is 1. The molecule has 3 aromatic heterocycles. The molecule has 8 heteroatoms. The van der Waals surface area contributed by atoms with Crippen LogP contribution in [0.15, 0.2) is 47.7 Å². The molecule has 0 radical (unpaired) electrons. The number of aryl methyl sites for hydroxylation is 2. The first-order valence-electron chi connectivity index (χ1n) is 12.3. The van der Waals surface area contributed by atoms with Gasteiger partial charge in [0.2, 0.25) is 5.91 Å². The molecule has 178 valence electrons. The van der Waals surface area contributed by atoms with Crippen molar-refractivity contribution in [1.82, 2.24) is 24.3 Å². The van der Waals surface area contributed by atoms with Crippen LogP contribution in [0.2, 0.25) is 0 Å². The van der Waals surface area contributed by atoms with E-state index in [1.807, 2.05) is 31.8 Å². The smallest absolute Gasteiger partial charge is 0.233 e. The molecule has 4 aromatic rings. The van der Waals surface area contributed by atoms with Crippen LogP contribution in [0.3, 0.4) is 0 Å². The van der Waals surface area contributed by atoms with E-state index >= 15 is 0 Å². The van der Waals surface area contributed by atoms with Crippen LogP contribution in [-0.4, -0.2) is 43.0 Å². The lowest BCUT2D eigenvalue weighted by atomic mass is 9.86. The molecule has 8 nitrogen and oxygen atoms in total. The third-order valence-electron chi connectivity index (χ3n) is 7.35. The Morgan fingerprint density at radius 2 is 1.77 bits per heavy atom. The van der Waals surface area contributed by atoms with Gasteiger partial charge >= 0.3 is 0 Å². The molecule has 4 heterocycles. The largest absolute Gasteiger partial charge is 0.298 e. The highest BCUT2D eigenvalue weighted by atomic mass is 16.2. The van der Waals surface area contributed by atoms with Gasteiger partial charge in [-0.25, -0.2) is 9.98 Å². The van der Waals surface area contributed by atoms with E-state index in [1.54, 1.807) is 17.3 Å². The van der Waals surface area contributed by atoms with E-state index in [9.17, 15) is 4.79 Å². The lowest BCUT2D eigenvalue weighted by Crippen LogP contribution is -2.28. The Labute approximate surface area is 204 Å². The highest BCUT2D eigenvalue weighted by Crippen LogP contribution is 2.43. The molecule has 0 N–H and O–H groups in total. The molecular weight excluding hydrogens is 438 g/mol. The van der Waals surface area contributed by atoms with Crippen molar-refractivity contribution in [3.8, 4) is 5.69 Å². The molecule has 0 atom stereocenters. The molecular formula is C27H29N7O. The number of benzene rings is 1. The fourth-order valence-corrected chi connectivity index (χ4v) is 5.56. The van der Waals surface area contributed by atoms with Crippen LogP contribution in [0.25, 0.3) is 16.7 Å². The van der Waals surface area contributed by atoms with Gasteiger partial charge in [-0.05, 0) is 43.5 Å². The van der Waals surface area contributed by atoms with E-state index in [4.69, 9.17) is 10.1 Å². The van der Waals surface area contributed by atoms with Crippen molar-refractivity contribution in [2.75, 3.05) is 11.9 Å². The lowest BCUT2D eigenvalue weighted by Gasteiger charge is -2.20. The van der Waals surface area contributed by atoms with Crippen LogP contribution in [-0.2, 0) is 11.8 Å². The second kappa shape index (κ2) is 8.45. The van der Waals surface area contributed by atoms with Gasteiger partial charge in [0, 0.05) is 31.9 Å². The van der Waals surface area contributed by atoms with E-state index in [0.29, 0.717) is 5.92 Å². The van der Waals surface area contributed by atoms with Crippen molar-refractivity contribution < 1.29 is 4.79 Å². The number of hydrogen-bond acceptors (Lipinski definition) is 5. The van der Waals surface area contributed by atoms with Crippen LogP contribution >= 0.6 is 0 Å². The van der Waals surface area contributed by atoms with Crippen LogP contribution in [0, 0.1) is 6.92 Å². The number of rotatable bonds is 3. The number of anilines is 1. The Kier molecular flexibility index (Phi) is 5.24. The molecule has 1 aliphatic carbocycles. The Balaban J connectivity index is 1.42. The average Bonchev–Trinajstić information content (AvgIpc) is 3.34. The number of hydrogen-bond donors (Lipinski definition) is 0. The number of pyridine rings is 1. The average molecular weight is 468 g/mol. The van der Waals surface area contributed by atoms with Gasteiger partial charge in [0.1, 0.15) is 17.0 Å². The predicted octanol–water partition coefficient (Wildman–Crippen LogP) is 5.00. The third kappa shape index (κ3) is 3.64. The molecule has 6 rings (SSSR count). The van der Waals surface area contributed by atoms with Crippen molar-refractivity contribution in [3.63, 3.8) is 0 Å². The third-order valence-corrected chi connectivity index (χ3v) is 7.35. The quantitative estimate of drug-likeness (QED) is 0.425. The van der Waals surface area contributed by atoms with E-state index in [1.165, 1.54) is 19.3 Å². The minimum Gasteiger partial charge on any atom is -0.298 e. The van der Waals surface area contributed by atoms with E-state index in [0.717, 1.165) is 63.9 Å². The van der Waals surface area contributed by atoms with Crippen molar-refractivity contribution in [3.05, 3.63) is 59.8 Å². The summed E-state index contributed by atoms with van der Waals surface area (Å²) in [6, 6.07) is 10.2. The van der Waals surface area contributed by atoms with Crippen LogP contribution in [0.1, 0.15) is 61.5 Å². The summed E-state index contributed by atoms with van der Waals surface area (Å²) in [6.45, 7) is 1.99. The Morgan fingerprint density at radius 1 is 1.00 bits per heavy atom. The van der Waals surface area contributed by atoms with Gasteiger partial charge in [-0.15, -0.1) is 0 Å². The Bertz CT molecular complexity index is 1450. The Morgan fingerprint density at radius 3 is 2.54 bits per heavy atom. The maximum absolute atomic E-state index is 13.1. The monoisotopic (exact) mass is 467 g/mol. The second-order valence-electron chi connectivity index (χ2n) is 9.61. The number of aromatic nitrogens is 5. The number of nitrogens with zero attached hydrogens (tertiary/aromatic N) is 7. The molecule has 0 unspecified atom stereocenters. The van der Waals surface area contributed by atoms with Crippen molar-refractivity contribution in [1.29, 1.82) is 0 Å². The molecule has 0 saturated heterocycles. The zero-order valence-corrected chi connectivity index (χ0v) is 20.4. The number of fused-ring (bicyclic) bond motifs is 2. The van der Waals surface area contributed by atoms with Gasteiger partial charge in [-0.3, -0.25) is 23.9 Å². The Hall–Kier alpha value is -3.81. The van der Waals surface area contributed by atoms with Crippen molar-refractivity contribution in [2.45, 2.75) is 51.4 Å². The molecule has 1 aliphatic heterocycles. The summed E-state index contributed by atoms with van der Waals surface area (Å²) in [7, 11) is 3.74. The summed E-state index contributed by atoms with van der Waals surface area (Å²) in [5.74, 6) is 2.12. The fraction of sp³-hybridized carbons (Fsp3) is 0.370. The predicted molar refractivity (Wildman–Crippen MR) is 137 cm³/mol. The summed E-state index contributed by atoms with van der Waals surface area (Å²) in [5.41, 5.74) is 6.53. The van der Waals surface area contributed by atoms with Crippen molar-refractivity contribution >= 4 is 34.2 Å². The summed E-state index contributed by atoms with van der Waals surface area (Å²) in [6.07, 6.45) is 9.82. The normalized spacial score (nSPS) is 16.9. The minimum absolute atomic E-state index is 0.0220. The van der Waals surface area contributed by atoms with Gasteiger partial charge in [0.15, 0.2) is 5.82 Å². The van der Waals surface area contributed by atoms with Gasteiger partial charge < -0.3 is 0 Å². The summed E-state index contributed by atoms with van der Waals surface area (Å²) >= 11 is 0. The molecule has 1 amide bonds. The molecule has 1 fully saturated rings. The molecule has 2 aliphatic rings. The number of carbonyl (C=O) groups is 1. The first kappa shape index (κ1) is 21.7. The first-order chi connectivity index (χ1) is 17.0. The molecule has 35 heavy (non-hydrogen) atoms. The number of carbonyl (C=O) groups excluding carboxylic acids is 1. The summed E-state index contributed by atoms with van der Waals surface area (Å²) in [4.78, 5) is 28.8. The van der Waals surface area contributed by atoms with E-state index < -0.39 is 0 Å². The van der Waals surface area contributed by atoms with Gasteiger partial charge in [-0.2, -0.15) is 5.10 Å². The topological polar surface area (TPSA) is 81.2 Å². The van der Waals surface area contributed by atoms with Crippen LogP contribution < -0.4 is 4.90 Å². The van der Waals surface area contributed by atoms with Crippen molar-refractivity contribution in [2.24, 2.45) is 12.0 Å².